The van der Waals surface area contributed by atoms with Crippen molar-refractivity contribution < 1.29 is 4.39 Å². The summed E-state index contributed by atoms with van der Waals surface area (Å²) in [7, 11) is 0. The Morgan fingerprint density at radius 3 is 2.68 bits per heavy atom. The van der Waals surface area contributed by atoms with E-state index in [1.54, 1.807) is 29.2 Å². The molecule has 19 heavy (non-hydrogen) atoms. The molecule has 2 rings (SSSR count). The van der Waals surface area contributed by atoms with Gasteiger partial charge in [0, 0.05) is 18.3 Å². The molecular weight excluding hydrogens is 245 g/mol. The minimum absolute atomic E-state index is 0.289. The summed E-state index contributed by atoms with van der Waals surface area (Å²) >= 11 is 0. The molecule has 0 atom stereocenters. The van der Waals surface area contributed by atoms with Gasteiger partial charge in [-0.1, -0.05) is 12.1 Å². The van der Waals surface area contributed by atoms with Gasteiger partial charge in [-0.3, -0.25) is 5.43 Å². The number of nitrogens with two attached hydrogens (primary N) is 1. The zero-order chi connectivity index (χ0) is 13.8. The number of benzene rings is 1. The Morgan fingerprint density at radius 1 is 1.32 bits per heavy atom. The van der Waals surface area contributed by atoms with Crippen LogP contribution in [0.2, 0.25) is 0 Å². The average Bonchev–Trinajstić information content (AvgIpc) is 2.41. The van der Waals surface area contributed by atoms with Crippen molar-refractivity contribution in [3.63, 3.8) is 0 Å². The van der Waals surface area contributed by atoms with E-state index in [-0.39, 0.29) is 5.82 Å². The predicted molar refractivity (Wildman–Crippen MR) is 73.7 cm³/mol. The van der Waals surface area contributed by atoms with Crippen molar-refractivity contribution in [2.45, 2.75) is 13.8 Å². The van der Waals surface area contributed by atoms with E-state index in [2.05, 4.69) is 15.4 Å². The van der Waals surface area contributed by atoms with E-state index in [1.807, 2.05) is 13.8 Å². The van der Waals surface area contributed by atoms with Gasteiger partial charge in [-0.25, -0.2) is 15.2 Å². The quantitative estimate of drug-likeness (QED) is 0.653. The lowest BCUT2D eigenvalue weighted by Gasteiger charge is -2.23. The van der Waals surface area contributed by atoms with E-state index in [4.69, 9.17) is 5.84 Å². The summed E-state index contributed by atoms with van der Waals surface area (Å²) in [5, 5.41) is 0. The van der Waals surface area contributed by atoms with Crippen LogP contribution < -0.4 is 16.2 Å². The molecular formula is C13H16FN5. The van der Waals surface area contributed by atoms with Gasteiger partial charge in [0.2, 0.25) is 5.95 Å². The molecule has 0 unspecified atom stereocenters. The molecule has 0 bridgehead atoms. The molecule has 1 aromatic heterocycles. The third kappa shape index (κ3) is 2.79. The van der Waals surface area contributed by atoms with Crippen LogP contribution in [0.5, 0.6) is 0 Å². The van der Waals surface area contributed by atoms with Crippen LogP contribution >= 0.6 is 0 Å². The highest BCUT2D eigenvalue weighted by molar-refractivity contribution is 5.61. The lowest BCUT2D eigenvalue weighted by Crippen LogP contribution is -2.20. The minimum Gasteiger partial charge on any atom is -0.324 e. The van der Waals surface area contributed by atoms with Crippen molar-refractivity contribution >= 4 is 17.5 Å². The summed E-state index contributed by atoms with van der Waals surface area (Å²) in [6, 6.07) is 8.37. The van der Waals surface area contributed by atoms with Crippen molar-refractivity contribution in [1.82, 2.24) is 9.97 Å². The molecule has 1 aromatic carbocycles. The molecule has 0 spiro atoms. The van der Waals surface area contributed by atoms with Gasteiger partial charge in [0.15, 0.2) is 0 Å². The third-order valence-electron chi connectivity index (χ3n) is 2.71. The van der Waals surface area contributed by atoms with Crippen molar-refractivity contribution in [1.29, 1.82) is 0 Å². The van der Waals surface area contributed by atoms with Crippen molar-refractivity contribution in [3.05, 3.63) is 41.8 Å². The minimum atomic E-state index is -0.289. The van der Waals surface area contributed by atoms with Crippen LogP contribution in [0, 0.1) is 12.7 Å². The number of hydrazine groups is 1. The zero-order valence-corrected chi connectivity index (χ0v) is 10.9. The van der Waals surface area contributed by atoms with Crippen molar-refractivity contribution in [2.75, 3.05) is 16.9 Å². The SMILES string of the molecule is CCN(c1cc(C)nc(NN)n1)c1ccccc1F. The second-order valence-corrected chi connectivity index (χ2v) is 4.03. The Morgan fingerprint density at radius 2 is 2.05 bits per heavy atom. The molecule has 0 aliphatic heterocycles. The molecule has 0 aliphatic carbocycles. The maximum absolute atomic E-state index is 13.9. The van der Waals surface area contributed by atoms with Gasteiger partial charge in [0.1, 0.15) is 11.6 Å². The fourth-order valence-electron chi connectivity index (χ4n) is 1.88. The van der Waals surface area contributed by atoms with Crippen LogP contribution in [-0.4, -0.2) is 16.5 Å². The Hall–Kier alpha value is -2.21. The first-order chi connectivity index (χ1) is 9.15. The number of halogens is 1. The largest absolute Gasteiger partial charge is 0.324 e. The monoisotopic (exact) mass is 261 g/mol. The number of para-hydroxylation sites is 1. The normalized spacial score (nSPS) is 10.3. The smallest absolute Gasteiger partial charge is 0.239 e. The number of nitrogens with zero attached hydrogens (tertiary/aromatic N) is 3. The van der Waals surface area contributed by atoms with Crippen LogP contribution in [0.25, 0.3) is 0 Å². The maximum atomic E-state index is 13.9. The van der Waals surface area contributed by atoms with E-state index < -0.39 is 0 Å². The molecule has 0 fully saturated rings. The van der Waals surface area contributed by atoms with E-state index in [0.29, 0.717) is 24.0 Å². The lowest BCUT2D eigenvalue weighted by molar-refractivity contribution is 0.625. The second kappa shape index (κ2) is 5.62. The molecule has 2 aromatic rings. The first kappa shape index (κ1) is 13.2. The molecule has 0 saturated heterocycles. The molecule has 0 amide bonds. The average molecular weight is 261 g/mol. The van der Waals surface area contributed by atoms with E-state index in [0.717, 1.165) is 5.69 Å². The lowest BCUT2D eigenvalue weighted by atomic mass is 10.2. The number of hydrogen-bond donors (Lipinski definition) is 2. The van der Waals surface area contributed by atoms with E-state index in [1.165, 1.54) is 6.07 Å². The van der Waals surface area contributed by atoms with Crippen LogP contribution in [0.4, 0.5) is 21.8 Å². The summed E-state index contributed by atoms with van der Waals surface area (Å²) in [6.45, 7) is 4.35. The third-order valence-corrected chi connectivity index (χ3v) is 2.71. The number of rotatable bonds is 4. The van der Waals surface area contributed by atoms with Gasteiger partial charge in [-0.15, -0.1) is 0 Å². The van der Waals surface area contributed by atoms with Crippen molar-refractivity contribution in [3.8, 4) is 0 Å². The maximum Gasteiger partial charge on any atom is 0.239 e. The van der Waals surface area contributed by atoms with Gasteiger partial charge in [-0.2, -0.15) is 4.98 Å². The topological polar surface area (TPSA) is 67.1 Å². The molecule has 6 heteroatoms. The molecule has 0 aliphatic rings. The van der Waals surface area contributed by atoms with Gasteiger partial charge in [0.25, 0.3) is 0 Å². The van der Waals surface area contributed by atoms with Gasteiger partial charge < -0.3 is 4.90 Å². The van der Waals surface area contributed by atoms with Crippen LogP contribution in [0.1, 0.15) is 12.6 Å². The number of aromatic nitrogens is 2. The Kier molecular flexibility index (Phi) is 3.91. The number of nitrogens with one attached hydrogen (secondary N) is 1. The first-order valence-electron chi connectivity index (χ1n) is 6.00. The van der Waals surface area contributed by atoms with Crippen LogP contribution in [0.15, 0.2) is 30.3 Å². The predicted octanol–water partition coefficient (Wildman–Crippen LogP) is 2.37. The Bertz CT molecular complexity index is 573. The summed E-state index contributed by atoms with van der Waals surface area (Å²) in [4.78, 5) is 10.1. The number of hydrogen-bond acceptors (Lipinski definition) is 5. The van der Waals surface area contributed by atoms with Gasteiger partial charge in [0.05, 0.1) is 5.69 Å². The second-order valence-electron chi connectivity index (χ2n) is 4.03. The Balaban J connectivity index is 2.48. The van der Waals surface area contributed by atoms with Crippen LogP contribution in [0.3, 0.4) is 0 Å². The number of anilines is 3. The summed E-state index contributed by atoms with van der Waals surface area (Å²) < 4.78 is 13.9. The molecule has 1 heterocycles. The molecule has 100 valence electrons. The standard InChI is InChI=1S/C13H16FN5/c1-3-19(11-7-5-4-6-10(11)14)12-8-9(2)16-13(17-12)18-15/h4-8H,3,15H2,1-2H3,(H,16,17,18). The number of aryl methyl sites for hydroxylation is 1. The highest BCUT2D eigenvalue weighted by atomic mass is 19.1. The molecule has 5 nitrogen and oxygen atoms in total. The van der Waals surface area contributed by atoms with E-state index in [9.17, 15) is 4.39 Å². The summed E-state index contributed by atoms with van der Waals surface area (Å²) in [5.41, 5.74) is 3.65. The number of nitrogen functional groups attached to an aromatic ring is 1. The fraction of sp³-hybridized carbons (Fsp3) is 0.231. The molecule has 0 radical (unpaired) electrons. The zero-order valence-electron chi connectivity index (χ0n) is 10.9. The first-order valence-corrected chi connectivity index (χ1v) is 6.00. The van der Waals surface area contributed by atoms with Gasteiger partial charge in [-0.05, 0) is 26.0 Å². The fourth-order valence-corrected chi connectivity index (χ4v) is 1.88. The van der Waals surface area contributed by atoms with E-state index >= 15 is 0 Å². The van der Waals surface area contributed by atoms with Crippen LogP contribution in [-0.2, 0) is 0 Å². The summed E-state index contributed by atoms with van der Waals surface area (Å²) in [5.74, 6) is 5.96. The highest BCUT2D eigenvalue weighted by Gasteiger charge is 2.14. The molecule has 0 saturated carbocycles. The van der Waals surface area contributed by atoms with Crippen molar-refractivity contribution in [2.24, 2.45) is 5.84 Å². The Labute approximate surface area is 111 Å². The molecule has 3 N–H and O–H groups in total. The summed E-state index contributed by atoms with van der Waals surface area (Å²) in [6.07, 6.45) is 0. The highest BCUT2D eigenvalue weighted by Crippen LogP contribution is 2.26. The van der Waals surface area contributed by atoms with Gasteiger partial charge >= 0.3 is 0 Å².